The van der Waals surface area contributed by atoms with E-state index in [-0.39, 0.29) is 16.2 Å². The van der Waals surface area contributed by atoms with Crippen LogP contribution in [0.5, 0.6) is 0 Å². The van der Waals surface area contributed by atoms with E-state index in [0.29, 0.717) is 12.0 Å². The number of benzene rings is 1. The van der Waals surface area contributed by atoms with Crippen LogP contribution in [0.2, 0.25) is 0 Å². The second-order valence-electron chi connectivity index (χ2n) is 4.69. The number of nitro groups is 1. The van der Waals surface area contributed by atoms with E-state index in [1.165, 1.54) is 6.92 Å². The molecule has 8 heteroatoms. The summed E-state index contributed by atoms with van der Waals surface area (Å²) in [6, 6.07) is 2.08. The van der Waals surface area contributed by atoms with Crippen LogP contribution in [0.25, 0.3) is 0 Å². The molecular weight excluding hydrogens is 318 g/mol. The highest BCUT2D eigenvalue weighted by molar-refractivity contribution is 7.91. The van der Waals surface area contributed by atoms with E-state index in [0.717, 1.165) is 25.0 Å². The molecule has 0 aromatic heterocycles. The standard InChI is InChI=1S/C13H16ClNO5S/c1-3-4-5-6-21(19,20)12-7-9(2)10(13(14)16)8-11(12)15(17)18/h7-8H,3-6H2,1-2H3. The van der Waals surface area contributed by atoms with E-state index in [1.807, 2.05) is 6.92 Å². The van der Waals surface area contributed by atoms with Crippen LogP contribution < -0.4 is 0 Å². The molecule has 0 bridgehead atoms. The summed E-state index contributed by atoms with van der Waals surface area (Å²) < 4.78 is 24.5. The molecule has 0 aliphatic rings. The van der Waals surface area contributed by atoms with Gasteiger partial charge in [0.15, 0.2) is 9.84 Å². The summed E-state index contributed by atoms with van der Waals surface area (Å²) in [5, 5.41) is 10.2. The van der Waals surface area contributed by atoms with Crippen molar-refractivity contribution in [2.45, 2.75) is 38.0 Å². The monoisotopic (exact) mass is 333 g/mol. The van der Waals surface area contributed by atoms with Gasteiger partial charge in [0.05, 0.1) is 10.7 Å². The Bertz CT molecular complexity index is 669. The predicted octanol–water partition coefficient (Wildman–Crippen LogP) is 3.25. The molecule has 0 saturated heterocycles. The maximum absolute atomic E-state index is 12.2. The van der Waals surface area contributed by atoms with Gasteiger partial charge in [-0.05, 0) is 36.6 Å². The van der Waals surface area contributed by atoms with Crippen LogP contribution in [0.15, 0.2) is 17.0 Å². The Hall–Kier alpha value is -1.47. The lowest BCUT2D eigenvalue weighted by atomic mass is 10.1. The number of unbranched alkanes of at least 4 members (excludes halogenated alkanes) is 2. The molecule has 0 saturated carbocycles. The predicted molar refractivity (Wildman–Crippen MR) is 79.6 cm³/mol. The first-order valence-electron chi connectivity index (χ1n) is 6.42. The average molecular weight is 334 g/mol. The highest BCUT2D eigenvalue weighted by atomic mass is 35.5. The zero-order valence-corrected chi connectivity index (χ0v) is 13.3. The summed E-state index contributed by atoms with van der Waals surface area (Å²) in [6.07, 6.45) is 2.01. The van der Waals surface area contributed by atoms with Crippen molar-refractivity contribution >= 4 is 32.4 Å². The lowest BCUT2D eigenvalue weighted by Gasteiger charge is -2.08. The van der Waals surface area contributed by atoms with Crippen LogP contribution in [-0.2, 0) is 9.84 Å². The van der Waals surface area contributed by atoms with Gasteiger partial charge in [0.25, 0.3) is 10.9 Å². The molecule has 0 spiro atoms. The fraction of sp³-hybridized carbons (Fsp3) is 0.462. The number of nitrogens with zero attached hydrogens (tertiary/aromatic N) is 1. The summed E-state index contributed by atoms with van der Waals surface area (Å²) in [7, 11) is -3.77. The van der Waals surface area contributed by atoms with Crippen LogP contribution >= 0.6 is 11.6 Å². The summed E-state index contributed by atoms with van der Waals surface area (Å²) in [6.45, 7) is 3.42. The van der Waals surface area contributed by atoms with Gasteiger partial charge in [-0.3, -0.25) is 14.9 Å². The molecule has 0 heterocycles. The van der Waals surface area contributed by atoms with Crippen molar-refractivity contribution in [1.82, 2.24) is 0 Å². The van der Waals surface area contributed by atoms with E-state index in [1.54, 1.807) is 0 Å². The Kier molecular flexibility index (Phi) is 5.86. The fourth-order valence-corrected chi connectivity index (χ4v) is 3.74. The molecular formula is C13H16ClNO5S. The second kappa shape index (κ2) is 7.00. The summed E-state index contributed by atoms with van der Waals surface area (Å²) in [5.74, 6) is -0.157. The molecule has 116 valence electrons. The molecule has 6 nitrogen and oxygen atoms in total. The number of halogens is 1. The Labute approximate surface area is 128 Å². The number of nitro benzene ring substituents is 1. The van der Waals surface area contributed by atoms with E-state index in [2.05, 4.69) is 0 Å². The first kappa shape index (κ1) is 17.6. The van der Waals surface area contributed by atoms with E-state index in [4.69, 9.17) is 11.6 Å². The molecule has 0 aliphatic carbocycles. The SMILES string of the molecule is CCCCCS(=O)(=O)c1cc(C)c(C(=O)Cl)cc1[N+](=O)[O-]. The topological polar surface area (TPSA) is 94.3 Å². The number of aryl methyl sites for hydroxylation is 1. The molecule has 1 rings (SSSR count). The molecule has 0 amide bonds. The lowest BCUT2D eigenvalue weighted by molar-refractivity contribution is -0.387. The van der Waals surface area contributed by atoms with Gasteiger partial charge >= 0.3 is 0 Å². The summed E-state index contributed by atoms with van der Waals surface area (Å²) >= 11 is 5.34. The third kappa shape index (κ3) is 4.25. The zero-order valence-electron chi connectivity index (χ0n) is 11.8. The van der Waals surface area contributed by atoms with Crippen LogP contribution in [0, 0.1) is 17.0 Å². The summed E-state index contributed by atoms with van der Waals surface area (Å²) in [5.41, 5.74) is -0.369. The van der Waals surface area contributed by atoms with Crippen LogP contribution in [0.1, 0.15) is 42.1 Å². The second-order valence-corrected chi connectivity index (χ2v) is 7.11. The van der Waals surface area contributed by atoms with Gasteiger partial charge in [0.2, 0.25) is 0 Å². The molecule has 21 heavy (non-hydrogen) atoms. The van der Waals surface area contributed by atoms with E-state index in [9.17, 15) is 23.3 Å². The van der Waals surface area contributed by atoms with Crippen molar-refractivity contribution in [1.29, 1.82) is 0 Å². The molecule has 0 atom stereocenters. The minimum absolute atomic E-state index is 0.0594. The highest BCUT2D eigenvalue weighted by Gasteiger charge is 2.28. The van der Waals surface area contributed by atoms with Crippen LogP contribution in [0.3, 0.4) is 0 Å². The van der Waals surface area contributed by atoms with Crippen LogP contribution in [-0.4, -0.2) is 24.3 Å². The van der Waals surface area contributed by atoms with Gasteiger partial charge in [0.1, 0.15) is 4.90 Å². The molecule has 1 aromatic carbocycles. The number of hydrogen-bond acceptors (Lipinski definition) is 5. The maximum atomic E-state index is 12.2. The average Bonchev–Trinajstić information content (AvgIpc) is 2.37. The third-order valence-electron chi connectivity index (χ3n) is 3.07. The Balaban J connectivity index is 3.38. The summed E-state index contributed by atoms with van der Waals surface area (Å²) in [4.78, 5) is 21.1. The minimum atomic E-state index is -3.77. The number of rotatable bonds is 7. The Morgan fingerprint density at radius 2 is 1.95 bits per heavy atom. The molecule has 0 fully saturated rings. The number of hydrogen-bond donors (Lipinski definition) is 0. The van der Waals surface area contributed by atoms with Gasteiger partial charge in [-0.25, -0.2) is 8.42 Å². The maximum Gasteiger partial charge on any atom is 0.288 e. The van der Waals surface area contributed by atoms with Crippen molar-refractivity contribution in [3.05, 3.63) is 33.4 Å². The Morgan fingerprint density at radius 3 is 2.43 bits per heavy atom. The minimum Gasteiger partial charge on any atom is -0.276 e. The highest BCUT2D eigenvalue weighted by Crippen LogP contribution is 2.29. The normalized spacial score (nSPS) is 11.4. The van der Waals surface area contributed by atoms with Crippen molar-refractivity contribution in [3.8, 4) is 0 Å². The fourth-order valence-electron chi connectivity index (χ4n) is 1.93. The van der Waals surface area contributed by atoms with Gasteiger partial charge in [-0.15, -0.1) is 0 Å². The molecule has 0 radical (unpaired) electrons. The lowest BCUT2D eigenvalue weighted by Crippen LogP contribution is -2.11. The Morgan fingerprint density at radius 1 is 1.33 bits per heavy atom. The van der Waals surface area contributed by atoms with Gasteiger partial charge in [-0.1, -0.05) is 19.8 Å². The molecule has 0 unspecified atom stereocenters. The number of carbonyl (C=O) groups is 1. The van der Waals surface area contributed by atoms with Crippen molar-refractivity contribution in [2.75, 3.05) is 5.75 Å². The van der Waals surface area contributed by atoms with E-state index < -0.39 is 25.7 Å². The number of sulfone groups is 1. The molecule has 1 aromatic rings. The molecule has 0 N–H and O–H groups in total. The van der Waals surface area contributed by atoms with Crippen molar-refractivity contribution < 1.29 is 18.1 Å². The van der Waals surface area contributed by atoms with Crippen LogP contribution in [0.4, 0.5) is 5.69 Å². The number of carbonyl (C=O) groups excluding carboxylic acids is 1. The first-order chi connectivity index (χ1) is 9.70. The van der Waals surface area contributed by atoms with Gasteiger partial charge in [-0.2, -0.15) is 0 Å². The zero-order chi connectivity index (χ0) is 16.2. The first-order valence-corrected chi connectivity index (χ1v) is 8.45. The third-order valence-corrected chi connectivity index (χ3v) is 5.09. The molecule has 0 aliphatic heterocycles. The smallest absolute Gasteiger partial charge is 0.276 e. The van der Waals surface area contributed by atoms with Gasteiger partial charge in [0, 0.05) is 11.6 Å². The largest absolute Gasteiger partial charge is 0.288 e. The van der Waals surface area contributed by atoms with Gasteiger partial charge < -0.3 is 0 Å². The van der Waals surface area contributed by atoms with E-state index >= 15 is 0 Å². The quantitative estimate of drug-likeness (QED) is 0.330. The van der Waals surface area contributed by atoms with Crippen molar-refractivity contribution in [3.63, 3.8) is 0 Å². The van der Waals surface area contributed by atoms with Crippen molar-refractivity contribution in [2.24, 2.45) is 0 Å².